The summed E-state index contributed by atoms with van der Waals surface area (Å²) in [5.74, 6) is -0.599. The first kappa shape index (κ1) is 19.5. The van der Waals surface area contributed by atoms with Crippen LogP contribution in [0.15, 0.2) is 48.5 Å². The van der Waals surface area contributed by atoms with Crippen LogP contribution in [0.25, 0.3) is 0 Å². The van der Waals surface area contributed by atoms with Crippen LogP contribution in [-0.4, -0.2) is 41.6 Å². The molecule has 5 rings (SSSR count). The van der Waals surface area contributed by atoms with Crippen molar-refractivity contribution in [1.29, 1.82) is 0 Å². The molecule has 0 bridgehead atoms. The molecule has 2 heterocycles. The number of hydrogen-bond donors (Lipinski definition) is 1. The van der Waals surface area contributed by atoms with Crippen LogP contribution in [0.2, 0.25) is 0 Å². The highest BCUT2D eigenvalue weighted by molar-refractivity contribution is 6.11. The monoisotopic (exact) mass is 417 g/mol. The summed E-state index contributed by atoms with van der Waals surface area (Å²) in [4.78, 5) is 53.5. The predicted octanol–water partition coefficient (Wildman–Crippen LogP) is 2.78. The highest BCUT2D eigenvalue weighted by Crippen LogP contribution is 2.39. The Morgan fingerprint density at radius 1 is 0.968 bits per heavy atom. The molecule has 0 unspecified atom stereocenters. The van der Waals surface area contributed by atoms with Gasteiger partial charge >= 0.3 is 6.03 Å². The van der Waals surface area contributed by atoms with Crippen LogP contribution in [0.4, 0.5) is 10.5 Å². The minimum Gasteiger partial charge on any atom is -0.319 e. The summed E-state index contributed by atoms with van der Waals surface area (Å²) in [5.41, 5.74) is 1.97. The Bertz CT molecular complexity index is 1090. The van der Waals surface area contributed by atoms with Crippen molar-refractivity contribution in [3.05, 3.63) is 65.2 Å². The van der Waals surface area contributed by atoms with E-state index < -0.39 is 11.6 Å². The Balaban J connectivity index is 1.35. The topological polar surface area (TPSA) is 86.8 Å². The zero-order chi connectivity index (χ0) is 21.6. The van der Waals surface area contributed by atoms with E-state index in [4.69, 9.17) is 0 Å². The molecule has 7 nitrogen and oxygen atoms in total. The lowest BCUT2D eigenvalue weighted by Gasteiger charge is -2.33. The van der Waals surface area contributed by atoms with E-state index in [0.717, 1.165) is 41.0 Å². The molecule has 2 aromatic rings. The number of amides is 4. The van der Waals surface area contributed by atoms with Gasteiger partial charge in [0.05, 0.1) is 6.54 Å². The van der Waals surface area contributed by atoms with Crippen molar-refractivity contribution in [2.45, 2.75) is 37.6 Å². The van der Waals surface area contributed by atoms with Gasteiger partial charge in [-0.2, -0.15) is 0 Å². The van der Waals surface area contributed by atoms with Gasteiger partial charge in [0.15, 0.2) is 5.78 Å². The van der Waals surface area contributed by atoms with Crippen molar-refractivity contribution in [3.8, 4) is 0 Å². The number of Topliss-reactive ketones (excluding diaryl/α,β-unsaturated/α-hetero) is 1. The summed E-state index contributed by atoms with van der Waals surface area (Å²) in [5, 5.41) is 2.87. The van der Waals surface area contributed by atoms with Gasteiger partial charge in [0, 0.05) is 24.2 Å². The number of hydrogen-bond acceptors (Lipinski definition) is 4. The van der Waals surface area contributed by atoms with E-state index in [2.05, 4.69) is 5.32 Å². The van der Waals surface area contributed by atoms with Gasteiger partial charge in [-0.3, -0.25) is 19.3 Å². The summed E-state index contributed by atoms with van der Waals surface area (Å²) in [7, 11) is 0. The lowest BCUT2D eigenvalue weighted by atomic mass is 9.76. The molecule has 3 aliphatic rings. The smallest absolute Gasteiger partial charge is 0.319 e. The largest absolute Gasteiger partial charge is 0.325 e. The van der Waals surface area contributed by atoms with Crippen molar-refractivity contribution in [3.63, 3.8) is 0 Å². The average Bonchev–Trinajstić information content (AvgIpc) is 3.31. The summed E-state index contributed by atoms with van der Waals surface area (Å²) >= 11 is 0. The van der Waals surface area contributed by atoms with Crippen LogP contribution in [0, 0.1) is 0 Å². The van der Waals surface area contributed by atoms with Gasteiger partial charge in [-0.05, 0) is 61.1 Å². The van der Waals surface area contributed by atoms with Crippen LogP contribution in [0.1, 0.15) is 47.2 Å². The van der Waals surface area contributed by atoms with Gasteiger partial charge in [-0.15, -0.1) is 0 Å². The zero-order valence-electron chi connectivity index (χ0n) is 17.1. The zero-order valence-corrected chi connectivity index (χ0v) is 17.1. The molecule has 1 aliphatic carbocycles. The third kappa shape index (κ3) is 3.12. The number of imide groups is 1. The Labute approximate surface area is 180 Å². The van der Waals surface area contributed by atoms with Gasteiger partial charge in [0.1, 0.15) is 5.54 Å². The summed E-state index contributed by atoms with van der Waals surface area (Å²) < 4.78 is 0. The minimum atomic E-state index is -1.08. The van der Waals surface area contributed by atoms with Crippen molar-refractivity contribution in [2.24, 2.45) is 0 Å². The number of carbonyl (C=O) groups is 4. The van der Waals surface area contributed by atoms with Crippen molar-refractivity contribution in [1.82, 2.24) is 10.2 Å². The SMILES string of the molecule is O=C(CN1C(=O)N[C@]2(CCCc3ccccc32)C1=O)c1ccc(N2CCCC2=O)cc1. The van der Waals surface area contributed by atoms with E-state index in [0.29, 0.717) is 24.9 Å². The highest BCUT2D eigenvalue weighted by atomic mass is 16.2. The third-order valence-electron chi connectivity index (χ3n) is 6.53. The van der Waals surface area contributed by atoms with E-state index in [9.17, 15) is 19.2 Å². The van der Waals surface area contributed by atoms with E-state index in [1.165, 1.54) is 0 Å². The van der Waals surface area contributed by atoms with Crippen LogP contribution >= 0.6 is 0 Å². The second-order valence-corrected chi connectivity index (χ2v) is 8.36. The Morgan fingerprint density at radius 2 is 1.74 bits per heavy atom. The molecule has 4 amide bonds. The number of benzene rings is 2. The van der Waals surface area contributed by atoms with Crippen molar-refractivity contribution in [2.75, 3.05) is 18.0 Å². The van der Waals surface area contributed by atoms with Crippen LogP contribution in [0.5, 0.6) is 0 Å². The fourth-order valence-corrected chi connectivity index (χ4v) is 4.94. The Morgan fingerprint density at radius 3 is 2.48 bits per heavy atom. The molecule has 0 aromatic heterocycles. The van der Waals surface area contributed by atoms with Gasteiger partial charge in [0.25, 0.3) is 5.91 Å². The second kappa shape index (κ2) is 7.34. The van der Waals surface area contributed by atoms with E-state index in [1.54, 1.807) is 29.2 Å². The molecule has 0 saturated carbocycles. The first-order valence-corrected chi connectivity index (χ1v) is 10.7. The molecule has 2 aliphatic heterocycles. The third-order valence-corrected chi connectivity index (χ3v) is 6.53. The molecule has 1 spiro atoms. The molecule has 2 fully saturated rings. The molecule has 1 N–H and O–H groups in total. The summed E-state index contributed by atoms with van der Waals surface area (Å²) in [6.45, 7) is 0.370. The summed E-state index contributed by atoms with van der Waals surface area (Å²) in [6, 6.07) is 13.9. The maximum atomic E-state index is 13.3. The summed E-state index contributed by atoms with van der Waals surface area (Å²) in [6.07, 6.45) is 3.56. The quantitative estimate of drug-likeness (QED) is 0.612. The maximum absolute atomic E-state index is 13.3. The van der Waals surface area contributed by atoms with Crippen molar-refractivity contribution < 1.29 is 19.2 Å². The first-order chi connectivity index (χ1) is 15.0. The number of aryl methyl sites for hydroxylation is 1. The molecule has 2 aromatic carbocycles. The van der Waals surface area contributed by atoms with Crippen LogP contribution in [0.3, 0.4) is 0 Å². The van der Waals surface area contributed by atoms with Crippen molar-refractivity contribution >= 4 is 29.3 Å². The Kier molecular flexibility index (Phi) is 4.61. The number of rotatable bonds is 4. The molecule has 1 atom stereocenters. The first-order valence-electron chi connectivity index (χ1n) is 10.7. The van der Waals surface area contributed by atoms with Gasteiger partial charge in [0.2, 0.25) is 5.91 Å². The van der Waals surface area contributed by atoms with Gasteiger partial charge < -0.3 is 10.2 Å². The molecule has 31 heavy (non-hydrogen) atoms. The fourth-order valence-electron chi connectivity index (χ4n) is 4.94. The van der Waals surface area contributed by atoms with E-state index in [-0.39, 0.29) is 24.1 Å². The molecule has 2 saturated heterocycles. The predicted molar refractivity (Wildman–Crippen MR) is 114 cm³/mol. The number of ketones is 1. The number of fused-ring (bicyclic) bond motifs is 2. The van der Waals surface area contributed by atoms with Crippen LogP contribution < -0.4 is 10.2 Å². The minimum absolute atomic E-state index is 0.0801. The van der Waals surface area contributed by atoms with E-state index in [1.807, 2.05) is 24.3 Å². The average molecular weight is 417 g/mol. The molecule has 0 radical (unpaired) electrons. The molecular weight excluding hydrogens is 394 g/mol. The number of nitrogens with one attached hydrogen (secondary N) is 1. The van der Waals surface area contributed by atoms with Crippen LogP contribution in [-0.2, 0) is 21.5 Å². The van der Waals surface area contributed by atoms with Gasteiger partial charge in [-0.25, -0.2) is 4.79 Å². The normalized spacial score (nSPS) is 22.8. The Hall–Kier alpha value is -3.48. The highest BCUT2D eigenvalue weighted by Gasteiger charge is 2.54. The van der Waals surface area contributed by atoms with E-state index >= 15 is 0 Å². The second-order valence-electron chi connectivity index (χ2n) is 8.36. The molecule has 7 heteroatoms. The standard InChI is InChI=1S/C24H23N3O4/c28-20(17-9-11-18(12-10-17)26-14-4-8-21(26)29)15-27-22(30)24(25-23(27)31)13-3-6-16-5-1-2-7-19(16)24/h1-2,5,7,9-12H,3-4,6,8,13-15H2,(H,25,31)/t24-/m0/s1. The lowest BCUT2D eigenvalue weighted by Crippen LogP contribution is -2.46. The number of urea groups is 1. The number of anilines is 1. The number of carbonyl (C=O) groups excluding carboxylic acids is 4. The maximum Gasteiger partial charge on any atom is 0.325 e. The molecular formula is C24H23N3O4. The molecule has 158 valence electrons. The van der Waals surface area contributed by atoms with Gasteiger partial charge in [-0.1, -0.05) is 24.3 Å². The number of nitrogens with zero attached hydrogens (tertiary/aromatic N) is 2. The fraction of sp³-hybridized carbons (Fsp3) is 0.333. The lowest BCUT2D eigenvalue weighted by molar-refractivity contribution is -0.131.